The van der Waals surface area contributed by atoms with Crippen LogP contribution in [0.5, 0.6) is 5.75 Å². The van der Waals surface area contributed by atoms with E-state index in [0.29, 0.717) is 0 Å². The highest BCUT2D eigenvalue weighted by Gasteiger charge is 2.29. The van der Waals surface area contributed by atoms with Gasteiger partial charge >= 0.3 is 0 Å². The zero-order valence-electron chi connectivity index (χ0n) is 10.8. The summed E-state index contributed by atoms with van der Waals surface area (Å²) < 4.78 is 5.16. The van der Waals surface area contributed by atoms with Crippen molar-refractivity contribution in [3.8, 4) is 5.75 Å². The summed E-state index contributed by atoms with van der Waals surface area (Å²) >= 11 is 0. The van der Waals surface area contributed by atoms with Crippen LogP contribution < -0.4 is 10.5 Å². The molecule has 2 rings (SSSR count). The van der Waals surface area contributed by atoms with Gasteiger partial charge in [0.15, 0.2) is 0 Å². The molecule has 0 aliphatic carbocycles. The van der Waals surface area contributed by atoms with Gasteiger partial charge in [-0.2, -0.15) is 0 Å². The molecule has 1 atom stereocenters. The first-order valence-electron chi connectivity index (χ1n) is 6.29. The quantitative estimate of drug-likeness (QED) is 0.866. The summed E-state index contributed by atoms with van der Waals surface area (Å²) in [6, 6.07) is 8.19. The average molecular weight is 234 g/mol. The maximum Gasteiger partial charge on any atom is 0.118 e. The molecule has 3 heteroatoms. The Kier molecular flexibility index (Phi) is 3.69. The molecule has 0 radical (unpaired) electrons. The number of nitrogens with zero attached hydrogens (tertiary/aromatic N) is 1. The lowest BCUT2D eigenvalue weighted by Crippen LogP contribution is -2.53. The highest BCUT2D eigenvalue weighted by molar-refractivity contribution is 5.28. The van der Waals surface area contributed by atoms with E-state index in [1.807, 2.05) is 12.1 Å². The molecule has 1 heterocycles. The number of nitrogens with two attached hydrogens (primary N) is 1. The minimum absolute atomic E-state index is 0.231. The molecule has 17 heavy (non-hydrogen) atoms. The van der Waals surface area contributed by atoms with Crippen LogP contribution in [0.25, 0.3) is 0 Å². The lowest BCUT2D eigenvalue weighted by atomic mass is 10.0. The maximum absolute atomic E-state index is 6.42. The highest BCUT2D eigenvalue weighted by atomic mass is 16.5. The molecular formula is C14H22N2O. The number of hydrogen-bond acceptors (Lipinski definition) is 3. The molecule has 0 aromatic heterocycles. The molecule has 1 aromatic carbocycles. The van der Waals surface area contributed by atoms with E-state index < -0.39 is 0 Å². The first-order chi connectivity index (χ1) is 8.12. The normalized spacial score (nSPS) is 20.2. The van der Waals surface area contributed by atoms with Crippen LogP contribution in [0.15, 0.2) is 24.3 Å². The van der Waals surface area contributed by atoms with E-state index >= 15 is 0 Å². The monoisotopic (exact) mass is 234 g/mol. The van der Waals surface area contributed by atoms with E-state index in [0.717, 1.165) is 25.3 Å². The number of rotatable bonds is 4. The maximum atomic E-state index is 6.42. The molecule has 1 aromatic rings. The summed E-state index contributed by atoms with van der Waals surface area (Å²) in [5.41, 5.74) is 7.45. The molecule has 3 nitrogen and oxygen atoms in total. The fourth-order valence-electron chi connectivity index (χ4n) is 2.50. The Morgan fingerprint density at radius 3 is 2.35 bits per heavy atom. The fourth-order valence-corrected chi connectivity index (χ4v) is 2.50. The molecule has 1 aliphatic rings. The van der Waals surface area contributed by atoms with Crippen molar-refractivity contribution >= 4 is 0 Å². The fraction of sp³-hybridized carbons (Fsp3) is 0.571. The summed E-state index contributed by atoms with van der Waals surface area (Å²) in [5.74, 6) is 0.897. The van der Waals surface area contributed by atoms with E-state index in [2.05, 4.69) is 24.0 Å². The van der Waals surface area contributed by atoms with Crippen molar-refractivity contribution in [2.24, 2.45) is 5.73 Å². The molecule has 0 bridgehead atoms. The van der Waals surface area contributed by atoms with Gasteiger partial charge in [-0.05, 0) is 50.6 Å². The first kappa shape index (κ1) is 12.4. The zero-order chi connectivity index (χ0) is 12.3. The van der Waals surface area contributed by atoms with E-state index in [-0.39, 0.29) is 5.66 Å². The van der Waals surface area contributed by atoms with Crippen molar-refractivity contribution in [2.75, 3.05) is 20.2 Å². The third-order valence-electron chi connectivity index (χ3n) is 3.55. The number of benzene rings is 1. The summed E-state index contributed by atoms with van der Waals surface area (Å²) in [5, 5.41) is 0. The minimum Gasteiger partial charge on any atom is -0.497 e. The third-order valence-corrected chi connectivity index (χ3v) is 3.55. The molecule has 0 spiro atoms. The smallest absolute Gasteiger partial charge is 0.118 e. The second-order valence-electron chi connectivity index (χ2n) is 5.08. The van der Waals surface area contributed by atoms with Crippen molar-refractivity contribution in [3.05, 3.63) is 29.8 Å². The number of methoxy groups -OCH3 is 1. The van der Waals surface area contributed by atoms with Gasteiger partial charge in [0, 0.05) is 6.42 Å². The van der Waals surface area contributed by atoms with Crippen LogP contribution in [0.2, 0.25) is 0 Å². The van der Waals surface area contributed by atoms with Crippen molar-refractivity contribution in [3.63, 3.8) is 0 Å². The molecule has 94 valence electrons. The number of hydrogen-bond donors (Lipinski definition) is 1. The lowest BCUT2D eigenvalue weighted by Gasteiger charge is -2.35. The largest absolute Gasteiger partial charge is 0.497 e. The van der Waals surface area contributed by atoms with Gasteiger partial charge in [-0.15, -0.1) is 0 Å². The first-order valence-corrected chi connectivity index (χ1v) is 6.29. The highest BCUT2D eigenvalue weighted by Crippen LogP contribution is 2.22. The number of ether oxygens (including phenoxy) is 1. The summed E-state index contributed by atoms with van der Waals surface area (Å²) in [6.45, 7) is 4.38. The standard InChI is InChI=1S/C14H22N2O/c1-14(15,16-9-3-4-10-16)11-12-5-7-13(17-2)8-6-12/h5-8H,3-4,9-11,15H2,1-2H3. The Morgan fingerprint density at radius 1 is 1.24 bits per heavy atom. The Morgan fingerprint density at radius 2 is 1.82 bits per heavy atom. The minimum atomic E-state index is -0.231. The van der Waals surface area contributed by atoms with Crippen molar-refractivity contribution in [2.45, 2.75) is 31.8 Å². The van der Waals surface area contributed by atoms with Crippen molar-refractivity contribution in [1.29, 1.82) is 0 Å². The van der Waals surface area contributed by atoms with Crippen molar-refractivity contribution < 1.29 is 4.74 Å². The summed E-state index contributed by atoms with van der Waals surface area (Å²) in [4.78, 5) is 2.39. The SMILES string of the molecule is COc1ccc(CC(C)(N)N2CCCC2)cc1. The van der Waals surface area contributed by atoms with Crippen LogP contribution >= 0.6 is 0 Å². The van der Waals surface area contributed by atoms with Gasteiger partial charge in [0.05, 0.1) is 12.8 Å². The van der Waals surface area contributed by atoms with Crippen LogP contribution in [0.4, 0.5) is 0 Å². The Labute approximate surface area is 104 Å². The second kappa shape index (κ2) is 5.07. The Hall–Kier alpha value is -1.06. The van der Waals surface area contributed by atoms with Crippen LogP contribution in [0.3, 0.4) is 0 Å². The molecular weight excluding hydrogens is 212 g/mol. The predicted octanol–water partition coefficient (Wildman–Crippen LogP) is 2.01. The van der Waals surface area contributed by atoms with E-state index in [1.54, 1.807) is 7.11 Å². The lowest BCUT2D eigenvalue weighted by molar-refractivity contribution is 0.142. The molecule has 0 saturated carbocycles. The van der Waals surface area contributed by atoms with Crippen LogP contribution in [0, 0.1) is 0 Å². The molecule has 1 aliphatic heterocycles. The Balaban J connectivity index is 2.02. The van der Waals surface area contributed by atoms with Gasteiger partial charge in [0.2, 0.25) is 0 Å². The van der Waals surface area contributed by atoms with Crippen LogP contribution in [0.1, 0.15) is 25.3 Å². The molecule has 2 N–H and O–H groups in total. The van der Waals surface area contributed by atoms with Gasteiger partial charge < -0.3 is 10.5 Å². The molecule has 0 amide bonds. The molecule has 1 unspecified atom stereocenters. The topological polar surface area (TPSA) is 38.5 Å². The van der Waals surface area contributed by atoms with Gasteiger partial charge in [-0.25, -0.2) is 0 Å². The summed E-state index contributed by atoms with van der Waals surface area (Å²) in [7, 11) is 1.69. The number of likely N-dealkylation sites (tertiary alicyclic amines) is 1. The van der Waals surface area contributed by atoms with Crippen molar-refractivity contribution in [1.82, 2.24) is 4.90 Å². The van der Waals surface area contributed by atoms with Crippen LogP contribution in [-0.4, -0.2) is 30.8 Å². The van der Waals surface area contributed by atoms with Crippen LogP contribution in [-0.2, 0) is 6.42 Å². The van der Waals surface area contributed by atoms with Gasteiger partial charge in [-0.3, -0.25) is 4.90 Å². The summed E-state index contributed by atoms with van der Waals surface area (Å²) in [6.07, 6.45) is 3.43. The van der Waals surface area contributed by atoms with E-state index in [1.165, 1.54) is 18.4 Å². The second-order valence-corrected chi connectivity index (χ2v) is 5.08. The average Bonchev–Trinajstić information content (AvgIpc) is 2.84. The van der Waals surface area contributed by atoms with E-state index in [9.17, 15) is 0 Å². The molecule has 1 fully saturated rings. The van der Waals surface area contributed by atoms with Gasteiger partial charge in [0.1, 0.15) is 5.75 Å². The van der Waals surface area contributed by atoms with Gasteiger partial charge in [-0.1, -0.05) is 12.1 Å². The predicted molar refractivity (Wildman–Crippen MR) is 70.1 cm³/mol. The zero-order valence-corrected chi connectivity index (χ0v) is 10.8. The van der Waals surface area contributed by atoms with Gasteiger partial charge in [0.25, 0.3) is 0 Å². The molecule has 1 saturated heterocycles. The van der Waals surface area contributed by atoms with E-state index in [4.69, 9.17) is 10.5 Å². The third kappa shape index (κ3) is 2.99. The Bertz CT molecular complexity index is 353.